The van der Waals surface area contributed by atoms with Crippen LogP contribution in [0.5, 0.6) is 0 Å². The minimum Gasteiger partial charge on any atom is -0.300 e. The lowest BCUT2D eigenvalue weighted by Crippen LogP contribution is -1.98. The van der Waals surface area contributed by atoms with Crippen LogP contribution in [0, 0.1) is 3.57 Å². The van der Waals surface area contributed by atoms with Crippen molar-refractivity contribution in [1.82, 2.24) is 0 Å². The SMILES string of the molecule is CC(=O)Cc1ccc(S)cc1I. The molecule has 0 aliphatic rings. The van der Waals surface area contributed by atoms with Crippen LogP contribution in [-0.4, -0.2) is 5.78 Å². The third kappa shape index (κ3) is 2.79. The fraction of sp³-hybridized carbons (Fsp3) is 0.222. The van der Waals surface area contributed by atoms with E-state index in [1.807, 2.05) is 18.2 Å². The number of hydrogen-bond donors (Lipinski definition) is 1. The molecular formula is C9H9IOS. The Morgan fingerprint density at radius 3 is 2.75 bits per heavy atom. The van der Waals surface area contributed by atoms with Gasteiger partial charge in [-0.3, -0.25) is 4.79 Å². The second-order valence-corrected chi connectivity index (χ2v) is 4.33. The zero-order valence-electron chi connectivity index (χ0n) is 6.67. The molecule has 1 nitrogen and oxygen atoms in total. The zero-order valence-corrected chi connectivity index (χ0v) is 9.72. The molecule has 0 heterocycles. The summed E-state index contributed by atoms with van der Waals surface area (Å²) in [7, 11) is 0. The molecule has 0 saturated carbocycles. The first-order valence-electron chi connectivity index (χ1n) is 3.56. The summed E-state index contributed by atoms with van der Waals surface area (Å²) in [5, 5.41) is 0. The first-order valence-corrected chi connectivity index (χ1v) is 5.09. The van der Waals surface area contributed by atoms with Crippen molar-refractivity contribution in [1.29, 1.82) is 0 Å². The van der Waals surface area contributed by atoms with Crippen LogP contribution in [0.2, 0.25) is 0 Å². The summed E-state index contributed by atoms with van der Waals surface area (Å²) < 4.78 is 1.11. The number of carbonyl (C=O) groups is 1. The van der Waals surface area contributed by atoms with E-state index >= 15 is 0 Å². The number of benzene rings is 1. The Morgan fingerprint density at radius 1 is 1.58 bits per heavy atom. The minimum absolute atomic E-state index is 0.194. The van der Waals surface area contributed by atoms with Crippen molar-refractivity contribution in [2.75, 3.05) is 0 Å². The number of Topliss-reactive ketones (excluding diaryl/α,β-unsaturated/α-hetero) is 1. The van der Waals surface area contributed by atoms with E-state index in [1.165, 1.54) is 0 Å². The second-order valence-electron chi connectivity index (χ2n) is 2.65. The van der Waals surface area contributed by atoms with Gasteiger partial charge in [0.1, 0.15) is 5.78 Å². The van der Waals surface area contributed by atoms with E-state index in [0.29, 0.717) is 6.42 Å². The summed E-state index contributed by atoms with van der Waals surface area (Å²) >= 11 is 6.42. The van der Waals surface area contributed by atoms with Crippen molar-refractivity contribution in [3.8, 4) is 0 Å². The number of halogens is 1. The van der Waals surface area contributed by atoms with E-state index in [-0.39, 0.29) is 5.78 Å². The quantitative estimate of drug-likeness (QED) is 0.655. The van der Waals surface area contributed by atoms with Gasteiger partial charge in [-0.15, -0.1) is 12.6 Å². The number of thiol groups is 1. The van der Waals surface area contributed by atoms with Crippen LogP contribution >= 0.6 is 35.2 Å². The number of ketones is 1. The average molecular weight is 292 g/mol. The number of rotatable bonds is 2. The van der Waals surface area contributed by atoms with Crippen molar-refractivity contribution in [3.63, 3.8) is 0 Å². The summed E-state index contributed by atoms with van der Waals surface area (Å²) in [4.78, 5) is 11.8. The number of hydrogen-bond acceptors (Lipinski definition) is 2. The molecule has 1 rings (SSSR count). The zero-order chi connectivity index (χ0) is 9.14. The molecule has 0 saturated heterocycles. The molecule has 0 aromatic heterocycles. The molecule has 1 aromatic rings. The Balaban J connectivity index is 2.93. The maximum Gasteiger partial charge on any atom is 0.134 e. The lowest BCUT2D eigenvalue weighted by Gasteiger charge is -2.01. The van der Waals surface area contributed by atoms with Crippen LogP contribution < -0.4 is 0 Å². The largest absolute Gasteiger partial charge is 0.300 e. The fourth-order valence-corrected chi connectivity index (χ4v) is 2.10. The van der Waals surface area contributed by atoms with E-state index in [0.717, 1.165) is 14.0 Å². The predicted octanol–water partition coefficient (Wildman–Crippen LogP) is 2.71. The average Bonchev–Trinajstić information content (AvgIpc) is 1.94. The molecule has 64 valence electrons. The van der Waals surface area contributed by atoms with Crippen molar-refractivity contribution in [2.24, 2.45) is 0 Å². The lowest BCUT2D eigenvalue weighted by molar-refractivity contribution is -0.116. The fourth-order valence-electron chi connectivity index (χ4n) is 0.948. The molecule has 0 atom stereocenters. The van der Waals surface area contributed by atoms with Gasteiger partial charge in [0.05, 0.1) is 0 Å². The van der Waals surface area contributed by atoms with Gasteiger partial charge in [-0.1, -0.05) is 6.07 Å². The molecule has 0 amide bonds. The van der Waals surface area contributed by atoms with Crippen molar-refractivity contribution < 1.29 is 4.79 Å². The van der Waals surface area contributed by atoms with Crippen LogP contribution in [0.1, 0.15) is 12.5 Å². The third-order valence-corrected chi connectivity index (χ3v) is 2.76. The van der Waals surface area contributed by atoms with E-state index in [9.17, 15) is 4.79 Å². The maximum absolute atomic E-state index is 10.8. The molecule has 12 heavy (non-hydrogen) atoms. The van der Waals surface area contributed by atoms with E-state index < -0.39 is 0 Å². The Bertz CT molecular complexity index is 309. The first-order chi connectivity index (χ1) is 5.59. The van der Waals surface area contributed by atoms with Crippen LogP contribution in [-0.2, 0) is 11.2 Å². The highest BCUT2D eigenvalue weighted by Gasteiger charge is 2.02. The topological polar surface area (TPSA) is 17.1 Å². The molecule has 0 N–H and O–H groups in total. The predicted molar refractivity (Wildman–Crippen MR) is 60.8 cm³/mol. The Labute approximate surface area is 91.1 Å². The monoisotopic (exact) mass is 292 g/mol. The first kappa shape index (κ1) is 10.1. The molecule has 3 heteroatoms. The Kier molecular flexibility index (Phi) is 3.58. The van der Waals surface area contributed by atoms with Gasteiger partial charge in [-0.25, -0.2) is 0 Å². The second kappa shape index (κ2) is 4.28. The molecule has 0 radical (unpaired) electrons. The maximum atomic E-state index is 10.8. The van der Waals surface area contributed by atoms with Crippen LogP contribution in [0.4, 0.5) is 0 Å². The summed E-state index contributed by atoms with van der Waals surface area (Å²) in [6, 6.07) is 5.82. The Hall–Kier alpha value is -0.0300. The standard InChI is InChI=1S/C9H9IOS/c1-6(11)4-7-2-3-8(12)5-9(7)10/h2-3,5,12H,4H2,1H3. The van der Waals surface area contributed by atoms with Gasteiger partial charge in [-0.05, 0) is 47.2 Å². The van der Waals surface area contributed by atoms with E-state index in [4.69, 9.17) is 0 Å². The Morgan fingerprint density at radius 2 is 2.25 bits per heavy atom. The van der Waals surface area contributed by atoms with Gasteiger partial charge in [0.15, 0.2) is 0 Å². The lowest BCUT2D eigenvalue weighted by atomic mass is 10.1. The summed E-state index contributed by atoms with van der Waals surface area (Å²) in [6.07, 6.45) is 0.520. The molecule has 0 aliphatic carbocycles. The molecule has 0 unspecified atom stereocenters. The summed E-state index contributed by atoms with van der Waals surface area (Å²) in [5.41, 5.74) is 1.08. The van der Waals surface area contributed by atoms with Crippen molar-refractivity contribution >= 4 is 41.0 Å². The van der Waals surface area contributed by atoms with Crippen LogP contribution in [0.25, 0.3) is 0 Å². The van der Waals surface area contributed by atoms with Crippen LogP contribution in [0.15, 0.2) is 23.1 Å². The molecule has 1 aromatic carbocycles. The van der Waals surface area contributed by atoms with Gasteiger partial charge in [-0.2, -0.15) is 0 Å². The highest BCUT2D eigenvalue weighted by Crippen LogP contribution is 2.17. The van der Waals surface area contributed by atoms with Gasteiger partial charge < -0.3 is 0 Å². The van der Waals surface area contributed by atoms with Gasteiger partial charge >= 0.3 is 0 Å². The van der Waals surface area contributed by atoms with E-state index in [2.05, 4.69) is 35.2 Å². The minimum atomic E-state index is 0.194. The van der Waals surface area contributed by atoms with Gasteiger partial charge in [0, 0.05) is 14.9 Å². The molecular weight excluding hydrogens is 283 g/mol. The van der Waals surface area contributed by atoms with Crippen molar-refractivity contribution in [3.05, 3.63) is 27.3 Å². The molecule has 0 spiro atoms. The highest BCUT2D eigenvalue weighted by atomic mass is 127. The highest BCUT2D eigenvalue weighted by molar-refractivity contribution is 14.1. The smallest absolute Gasteiger partial charge is 0.134 e. The van der Waals surface area contributed by atoms with Gasteiger partial charge in [0.25, 0.3) is 0 Å². The van der Waals surface area contributed by atoms with Crippen molar-refractivity contribution in [2.45, 2.75) is 18.2 Å². The summed E-state index contributed by atoms with van der Waals surface area (Å²) in [6.45, 7) is 1.60. The third-order valence-electron chi connectivity index (χ3n) is 1.48. The van der Waals surface area contributed by atoms with Gasteiger partial charge in [0.2, 0.25) is 0 Å². The summed E-state index contributed by atoms with van der Waals surface area (Å²) in [5.74, 6) is 0.194. The number of carbonyl (C=O) groups excluding carboxylic acids is 1. The van der Waals surface area contributed by atoms with E-state index in [1.54, 1.807) is 6.92 Å². The molecule has 0 aliphatic heterocycles. The molecule has 0 bridgehead atoms. The molecule has 0 fully saturated rings. The van der Waals surface area contributed by atoms with Crippen LogP contribution in [0.3, 0.4) is 0 Å². The normalized spacial score (nSPS) is 9.92.